The van der Waals surface area contributed by atoms with Crippen LogP contribution in [0.3, 0.4) is 0 Å². The average molecular weight is 286 g/mol. The maximum absolute atomic E-state index is 6.21. The molecule has 96 valence electrons. The third-order valence-corrected chi connectivity index (χ3v) is 5.10. The first kappa shape index (κ1) is 12.5. The van der Waals surface area contributed by atoms with Gasteiger partial charge in [0.2, 0.25) is 0 Å². The zero-order valence-electron chi connectivity index (χ0n) is 10.8. The molecular formula is C15H14N2S2. The van der Waals surface area contributed by atoms with Crippen molar-refractivity contribution in [1.29, 1.82) is 0 Å². The number of nitrogens with zero attached hydrogens (tertiary/aromatic N) is 1. The molecule has 0 radical (unpaired) electrons. The average Bonchev–Trinajstić information content (AvgIpc) is 2.85. The van der Waals surface area contributed by atoms with Crippen LogP contribution in [0.25, 0.3) is 10.2 Å². The van der Waals surface area contributed by atoms with E-state index in [4.69, 9.17) is 5.73 Å². The number of aryl methyl sites for hydroxylation is 2. The zero-order valence-corrected chi connectivity index (χ0v) is 12.4. The van der Waals surface area contributed by atoms with E-state index in [1.54, 1.807) is 23.1 Å². The highest BCUT2D eigenvalue weighted by Crippen LogP contribution is 2.38. The van der Waals surface area contributed by atoms with Crippen molar-refractivity contribution in [3.05, 3.63) is 47.0 Å². The van der Waals surface area contributed by atoms with Crippen molar-refractivity contribution in [2.45, 2.75) is 23.6 Å². The summed E-state index contributed by atoms with van der Waals surface area (Å²) < 4.78 is 1.14. The molecule has 2 aromatic carbocycles. The maximum atomic E-state index is 6.21. The van der Waals surface area contributed by atoms with Crippen LogP contribution in [0.5, 0.6) is 0 Å². The van der Waals surface area contributed by atoms with Gasteiger partial charge in [-0.25, -0.2) is 4.98 Å². The van der Waals surface area contributed by atoms with E-state index in [-0.39, 0.29) is 0 Å². The number of nitrogen functional groups attached to an aromatic ring is 1. The van der Waals surface area contributed by atoms with Crippen LogP contribution in [-0.4, -0.2) is 4.98 Å². The largest absolute Gasteiger partial charge is 0.396 e. The number of thiazole rings is 1. The summed E-state index contributed by atoms with van der Waals surface area (Å²) in [5.74, 6) is 0. The molecule has 0 bridgehead atoms. The molecule has 0 aliphatic rings. The first-order chi connectivity index (χ1) is 9.15. The molecule has 0 unspecified atom stereocenters. The van der Waals surface area contributed by atoms with E-state index in [9.17, 15) is 0 Å². The summed E-state index contributed by atoms with van der Waals surface area (Å²) in [4.78, 5) is 6.65. The Morgan fingerprint density at radius 3 is 2.68 bits per heavy atom. The van der Waals surface area contributed by atoms with Gasteiger partial charge >= 0.3 is 0 Å². The Morgan fingerprint density at radius 2 is 1.89 bits per heavy atom. The monoisotopic (exact) mass is 286 g/mol. The van der Waals surface area contributed by atoms with E-state index in [0.29, 0.717) is 0 Å². The molecule has 2 N–H and O–H groups in total. The SMILES string of the molecule is Cc1ccc(Sc2ccc3scnc3c2N)c(C)c1. The molecule has 0 aliphatic heterocycles. The number of nitrogens with two attached hydrogens (primary N) is 1. The fourth-order valence-corrected chi connectivity index (χ4v) is 3.68. The van der Waals surface area contributed by atoms with Crippen molar-refractivity contribution in [2.24, 2.45) is 0 Å². The van der Waals surface area contributed by atoms with E-state index in [0.717, 1.165) is 20.8 Å². The second kappa shape index (κ2) is 4.87. The molecule has 2 nitrogen and oxygen atoms in total. The van der Waals surface area contributed by atoms with Crippen LogP contribution in [-0.2, 0) is 0 Å². The minimum Gasteiger partial charge on any atom is -0.396 e. The number of anilines is 1. The van der Waals surface area contributed by atoms with Crippen LogP contribution >= 0.6 is 23.1 Å². The number of benzene rings is 2. The van der Waals surface area contributed by atoms with Gasteiger partial charge in [-0.3, -0.25) is 0 Å². The zero-order chi connectivity index (χ0) is 13.4. The smallest absolute Gasteiger partial charge is 0.105 e. The molecule has 0 aliphatic carbocycles. The van der Waals surface area contributed by atoms with Crippen molar-refractivity contribution in [3.8, 4) is 0 Å². The van der Waals surface area contributed by atoms with Crippen LogP contribution in [0.15, 0.2) is 45.6 Å². The summed E-state index contributed by atoms with van der Waals surface area (Å²) in [6.45, 7) is 4.24. The fraction of sp³-hybridized carbons (Fsp3) is 0.133. The molecular weight excluding hydrogens is 272 g/mol. The van der Waals surface area contributed by atoms with E-state index in [1.807, 2.05) is 5.51 Å². The van der Waals surface area contributed by atoms with Crippen molar-refractivity contribution in [1.82, 2.24) is 4.98 Å². The highest BCUT2D eigenvalue weighted by atomic mass is 32.2. The van der Waals surface area contributed by atoms with Gasteiger partial charge in [0.25, 0.3) is 0 Å². The van der Waals surface area contributed by atoms with E-state index in [2.05, 4.69) is 49.2 Å². The highest BCUT2D eigenvalue weighted by Gasteiger charge is 2.09. The fourth-order valence-electron chi connectivity index (χ4n) is 2.05. The summed E-state index contributed by atoms with van der Waals surface area (Å²) in [7, 11) is 0. The highest BCUT2D eigenvalue weighted by molar-refractivity contribution is 7.99. The third-order valence-electron chi connectivity index (χ3n) is 3.05. The molecule has 0 fully saturated rings. The molecule has 1 heterocycles. The van der Waals surface area contributed by atoms with Gasteiger partial charge in [0, 0.05) is 9.79 Å². The van der Waals surface area contributed by atoms with E-state index < -0.39 is 0 Å². The molecule has 3 aromatic rings. The summed E-state index contributed by atoms with van der Waals surface area (Å²) in [5.41, 5.74) is 12.3. The minimum atomic E-state index is 0.781. The Balaban J connectivity index is 2.03. The number of hydrogen-bond acceptors (Lipinski definition) is 4. The Bertz CT molecular complexity index is 747. The molecule has 0 atom stereocenters. The van der Waals surface area contributed by atoms with Gasteiger partial charge in [0.15, 0.2) is 0 Å². The quantitative estimate of drug-likeness (QED) is 0.697. The van der Waals surface area contributed by atoms with Gasteiger partial charge in [-0.1, -0.05) is 29.5 Å². The normalized spacial score (nSPS) is 11.1. The second-order valence-corrected chi connectivity index (χ2v) is 6.52. The second-order valence-electron chi connectivity index (χ2n) is 4.55. The van der Waals surface area contributed by atoms with Gasteiger partial charge < -0.3 is 5.73 Å². The Labute approximate surface area is 120 Å². The summed E-state index contributed by atoms with van der Waals surface area (Å²) in [6.07, 6.45) is 0. The van der Waals surface area contributed by atoms with Crippen molar-refractivity contribution in [3.63, 3.8) is 0 Å². The predicted molar refractivity (Wildman–Crippen MR) is 84.1 cm³/mol. The standard InChI is InChI=1S/C15H14N2S2/c1-9-3-4-11(10(2)7-9)19-12-5-6-13-15(14(12)16)17-8-18-13/h3-8H,16H2,1-2H3. The van der Waals surface area contributed by atoms with Crippen LogP contribution in [0, 0.1) is 13.8 Å². The summed E-state index contributed by atoms with van der Waals surface area (Å²) >= 11 is 3.33. The van der Waals surface area contributed by atoms with Gasteiger partial charge in [-0.2, -0.15) is 0 Å². The van der Waals surface area contributed by atoms with Crippen molar-refractivity contribution in [2.75, 3.05) is 5.73 Å². The van der Waals surface area contributed by atoms with Gasteiger partial charge in [-0.05, 0) is 37.6 Å². The van der Waals surface area contributed by atoms with E-state index >= 15 is 0 Å². The topological polar surface area (TPSA) is 38.9 Å². The molecule has 3 rings (SSSR count). The van der Waals surface area contributed by atoms with Gasteiger partial charge in [-0.15, -0.1) is 11.3 Å². The van der Waals surface area contributed by atoms with Crippen LogP contribution in [0.4, 0.5) is 5.69 Å². The minimum absolute atomic E-state index is 0.781. The van der Waals surface area contributed by atoms with Crippen molar-refractivity contribution < 1.29 is 0 Å². The van der Waals surface area contributed by atoms with Gasteiger partial charge in [0.1, 0.15) is 5.52 Å². The predicted octanol–water partition coefficient (Wildman–Crippen LogP) is 4.65. The lowest BCUT2D eigenvalue weighted by atomic mass is 10.2. The number of aromatic nitrogens is 1. The molecule has 1 aromatic heterocycles. The Morgan fingerprint density at radius 1 is 1.11 bits per heavy atom. The van der Waals surface area contributed by atoms with Crippen LogP contribution in [0.2, 0.25) is 0 Å². The van der Waals surface area contributed by atoms with E-state index in [1.165, 1.54) is 16.0 Å². The molecule has 0 saturated heterocycles. The lowest BCUT2D eigenvalue weighted by Gasteiger charge is -2.09. The van der Waals surface area contributed by atoms with Crippen molar-refractivity contribution >= 4 is 39.0 Å². The third kappa shape index (κ3) is 2.33. The Hall–Kier alpha value is -1.52. The number of fused-ring (bicyclic) bond motifs is 1. The Kier molecular flexibility index (Phi) is 3.21. The van der Waals surface area contributed by atoms with Crippen LogP contribution in [0.1, 0.15) is 11.1 Å². The molecule has 0 spiro atoms. The lowest BCUT2D eigenvalue weighted by molar-refractivity contribution is 1.26. The van der Waals surface area contributed by atoms with Crippen LogP contribution < -0.4 is 5.73 Å². The number of rotatable bonds is 2. The first-order valence-corrected chi connectivity index (χ1v) is 7.71. The molecule has 0 amide bonds. The molecule has 19 heavy (non-hydrogen) atoms. The lowest BCUT2D eigenvalue weighted by Crippen LogP contribution is -1.90. The maximum Gasteiger partial charge on any atom is 0.105 e. The number of hydrogen-bond donors (Lipinski definition) is 1. The molecule has 0 saturated carbocycles. The summed E-state index contributed by atoms with van der Waals surface area (Å²) in [6, 6.07) is 10.7. The summed E-state index contributed by atoms with van der Waals surface area (Å²) in [5, 5.41) is 0. The van der Waals surface area contributed by atoms with Gasteiger partial charge in [0.05, 0.1) is 15.9 Å². The molecule has 4 heteroatoms. The first-order valence-electron chi connectivity index (χ1n) is 6.02.